The van der Waals surface area contributed by atoms with Crippen molar-refractivity contribution < 1.29 is 14.3 Å². The summed E-state index contributed by atoms with van der Waals surface area (Å²) in [6.45, 7) is 8.88. The normalized spacial score (nSPS) is 11.6. The van der Waals surface area contributed by atoms with E-state index in [1.54, 1.807) is 4.90 Å². The van der Waals surface area contributed by atoms with Crippen LogP contribution in [0.2, 0.25) is 0 Å². The van der Waals surface area contributed by atoms with Gasteiger partial charge in [-0.1, -0.05) is 36.4 Å². The van der Waals surface area contributed by atoms with Gasteiger partial charge >= 0.3 is 0 Å². The van der Waals surface area contributed by atoms with Crippen LogP contribution in [0.4, 0.5) is 0 Å². The Morgan fingerprint density at radius 3 is 2.18 bits per heavy atom. The van der Waals surface area contributed by atoms with Gasteiger partial charge in [-0.3, -0.25) is 15.0 Å². The van der Waals surface area contributed by atoms with Crippen molar-refractivity contribution in [3.05, 3.63) is 65.2 Å². The third-order valence-electron chi connectivity index (χ3n) is 4.38. The van der Waals surface area contributed by atoms with E-state index < -0.39 is 6.04 Å². The lowest BCUT2D eigenvalue weighted by molar-refractivity contribution is -0.134. The summed E-state index contributed by atoms with van der Waals surface area (Å²) in [4.78, 5) is 26.8. The molecule has 150 valence electrons. The molecule has 0 radical (unpaired) electrons. The highest BCUT2D eigenvalue weighted by molar-refractivity contribution is 5.84. The molecule has 2 aromatic rings. The minimum absolute atomic E-state index is 0.0910. The molecular weight excluding hydrogens is 354 g/mol. The van der Waals surface area contributed by atoms with Crippen LogP contribution in [-0.4, -0.2) is 36.4 Å². The molecule has 0 saturated heterocycles. The number of aryl methyl sites for hydroxylation is 2. The van der Waals surface area contributed by atoms with Crippen molar-refractivity contribution in [2.24, 2.45) is 0 Å². The average Bonchev–Trinajstić information content (AvgIpc) is 2.67. The van der Waals surface area contributed by atoms with Gasteiger partial charge in [0.1, 0.15) is 11.8 Å². The van der Waals surface area contributed by atoms with E-state index in [0.29, 0.717) is 18.8 Å². The van der Waals surface area contributed by atoms with E-state index in [1.807, 2.05) is 76.2 Å². The smallest absolute Gasteiger partial charge is 0.272 e. The van der Waals surface area contributed by atoms with Crippen LogP contribution < -0.4 is 15.6 Å². The number of hydrogen-bond acceptors (Lipinski definition) is 4. The zero-order valence-electron chi connectivity index (χ0n) is 17.0. The van der Waals surface area contributed by atoms with Crippen molar-refractivity contribution in [1.29, 1.82) is 0 Å². The van der Waals surface area contributed by atoms with Crippen molar-refractivity contribution in [3.63, 3.8) is 0 Å². The lowest BCUT2D eigenvalue weighted by Gasteiger charge is -2.26. The molecule has 0 spiro atoms. The van der Waals surface area contributed by atoms with E-state index >= 15 is 0 Å². The molecule has 0 aliphatic carbocycles. The number of rotatable bonds is 9. The maximum absolute atomic E-state index is 12.9. The minimum Gasteiger partial charge on any atom is -0.484 e. The molecule has 6 nitrogen and oxygen atoms in total. The van der Waals surface area contributed by atoms with Crippen molar-refractivity contribution in [2.45, 2.75) is 33.7 Å². The van der Waals surface area contributed by atoms with Crippen molar-refractivity contribution in [2.75, 3.05) is 19.7 Å². The third-order valence-corrected chi connectivity index (χ3v) is 4.38. The molecule has 0 bridgehead atoms. The van der Waals surface area contributed by atoms with E-state index in [-0.39, 0.29) is 18.4 Å². The molecule has 1 unspecified atom stereocenters. The summed E-state index contributed by atoms with van der Waals surface area (Å²) in [6.07, 6.45) is 0. The monoisotopic (exact) mass is 383 g/mol. The maximum Gasteiger partial charge on any atom is 0.272 e. The fraction of sp³-hybridized carbons (Fsp3) is 0.364. The SMILES string of the molecule is CCN(CC)C(=O)C(NNC(=O)COc1cc(C)cc(C)c1)c1ccccc1. The number of carbonyl (C=O) groups excluding carboxylic acids is 2. The Morgan fingerprint density at radius 2 is 1.61 bits per heavy atom. The van der Waals surface area contributed by atoms with E-state index in [4.69, 9.17) is 4.74 Å². The largest absolute Gasteiger partial charge is 0.484 e. The molecule has 0 aliphatic heterocycles. The third kappa shape index (κ3) is 6.09. The van der Waals surface area contributed by atoms with Gasteiger partial charge in [0.15, 0.2) is 6.61 Å². The number of likely N-dealkylation sites (N-methyl/N-ethyl adjacent to an activating group) is 1. The Labute approximate surface area is 166 Å². The first-order chi connectivity index (χ1) is 13.4. The Morgan fingerprint density at radius 1 is 1.00 bits per heavy atom. The van der Waals surface area contributed by atoms with E-state index in [1.165, 1.54) is 0 Å². The summed E-state index contributed by atoms with van der Waals surface area (Å²) in [5, 5.41) is 0. The Kier molecular flexibility index (Phi) is 8.02. The summed E-state index contributed by atoms with van der Waals surface area (Å²) in [7, 11) is 0. The van der Waals surface area contributed by atoms with Crippen LogP contribution in [0.5, 0.6) is 5.75 Å². The van der Waals surface area contributed by atoms with Crippen molar-refractivity contribution in [1.82, 2.24) is 15.8 Å². The van der Waals surface area contributed by atoms with Gasteiger partial charge in [0.05, 0.1) is 0 Å². The first-order valence-corrected chi connectivity index (χ1v) is 9.53. The van der Waals surface area contributed by atoms with Gasteiger partial charge in [0, 0.05) is 13.1 Å². The lowest BCUT2D eigenvalue weighted by Crippen LogP contribution is -2.48. The molecule has 2 amide bonds. The zero-order chi connectivity index (χ0) is 20.5. The molecule has 0 aromatic heterocycles. The maximum atomic E-state index is 12.9. The van der Waals surface area contributed by atoms with Crippen LogP contribution >= 0.6 is 0 Å². The number of amides is 2. The molecule has 2 aromatic carbocycles. The summed E-state index contributed by atoms with van der Waals surface area (Å²) < 4.78 is 5.57. The number of ether oxygens (including phenoxy) is 1. The number of nitrogens with one attached hydrogen (secondary N) is 2. The van der Waals surface area contributed by atoms with Gasteiger partial charge in [0.25, 0.3) is 5.91 Å². The van der Waals surface area contributed by atoms with Crippen molar-refractivity contribution in [3.8, 4) is 5.75 Å². The molecule has 0 aliphatic rings. The van der Waals surface area contributed by atoms with Gasteiger partial charge in [-0.2, -0.15) is 0 Å². The highest BCUT2D eigenvalue weighted by Gasteiger charge is 2.24. The predicted molar refractivity (Wildman–Crippen MR) is 110 cm³/mol. The summed E-state index contributed by atoms with van der Waals surface area (Å²) >= 11 is 0. The topological polar surface area (TPSA) is 70.7 Å². The minimum atomic E-state index is -0.661. The summed E-state index contributed by atoms with van der Waals surface area (Å²) in [5.41, 5.74) is 8.41. The van der Waals surface area contributed by atoms with E-state index in [0.717, 1.165) is 16.7 Å². The Bertz CT molecular complexity index is 769. The fourth-order valence-electron chi connectivity index (χ4n) is 3.00. The molecule has 2 rings (SSSR count). The van der Waals surface area contributed by atoms with Crippen LogP contribution in [-0.2, 0) is 9.59 Å². The standard InChI is InChI=1S/C22H29N3O3/c1-5-25(6-2)22(27)21(18-10-8-7-9-11-18)24-23-20(26)15-28-19-13-16(3)12-17(4)14-19/h7-14,21,24H,5-6,15H2,1-4H3,(H,23,26). The molecular formula is C22H29N3O3. The second kappa shape index (κ2) is 10.5. The highest BCUT2D eigenvalue weighted by Crippen LogP contribution is 2.17. The summed E-state index contributed by atoms with van der Waals surface area (Å²) in [5.74, 6) is 0.200. The second-order valence-electron chi connectivity index (χ2n) is 6.66. The number of nitrogens with zero attached hydrogens (tertiary/aromatic N) is 1. The van der Waals surface area contributed by atoms with Crippen LogP contribution in [0.25, 0.3) is 0 Å². The average molecular weight is 383 g/mol. The van der Waals surface area contributed by atoms with Crippen molar-refractivity contribution >= 4 is 11.8 Å². The number of hydrogen-bond donors (Lipinski definition) is 2. The Hall–Kier alpha value is -2.86. The van der Waals surface area contributed by atoms with Gasteiger partial charge in [-0.05, 0) is 56.5 Å². The van der Waals surface area contributed by atoms with Crippen LogP contribution in [0.3, 0.4) is 0 Å². The van der Waals surface area contributed by atoms with Crippen LogP contribution in [0, 0.1) is 13.8 Å². The molecule has 0 fully saturated rings. The number of carbonyl (C=O) groups is 2. The summed E-state index contributed by atoms with van der Waals surface area (Å²) in [6, 6.07) is 14.5. The predicted octanol–water partition coefficient (Wildman–Crippen LogP) is 2.91. The first kappa shape index (κ1) is 21.4. The van der Waals surface area contributed by atoms with E-state index in [9.17, 15) is 9.59 Å². The molecule has 0 saturated carbocycles. The zero-order valence-corrected chi connectivity index (χ0v) is 17.0. The Balaban J connectivity index is 2.00. The van der Waals surface area contributed by atoms with Gasteiger partial charge < -0.3 is 9.64 Å². The molecule has 0 heterocycles. The number of hydrazine groups is 1. The second-order valence-corrected chi connectivity index (χ2v) is 6.66. The van der Waals surface area contributed by atoms with Gasteiger partial charge in [-0.25, -0.2) is 5.43 Å². The fourth-order valence-corrected chi connectivity index (χ4v) is 3.00. The van der Waals surface area contributed by atoms with Crippen LogP contribution in [0.1, 0.15) is 36.6 Å². The first-order valence-electron chi connectivity index (χ1n) is 9.53. The lowest BCUT2D eigenvalue weighted by atomic mass is 10.1. The number of benzene rings is 2. The molecule has 28 heavy (non-hydrogen) atoms. The molecule has 6 heteroatoms. The van der Waals surface area contributed by atoms with E-state index in [2.05, 4.69) is 10.9 Å². The van der Waals surface area contributed by atoms with Gasteiger partial charge in [0.2, 0.25) is 5.91 Å². The molecule has 2 N–H and O–H groups in total. The molecule has 1 atom stereocenters. The quantitative estimate of drug-likeness (QED) is 0.653. The highest BCUT2D eigenvalue weighted by atomic mass is 16.5. The van der Waals surface area contributed by atoms with Crippen LogP contribution in [0.15, 0.2) is 48.5 Å². The van der Waals surface area contributed by atoms with Gasteiger partial charge in [-0.15, -0.1) is 0 Å².